The van der Waals surface area contributed by atoms with Crippen molar-refractivity contribution in [1.82, 2.24) is 9.44 Å². The van der Waals surface area contributed by atoms with Crippen LogP contribution in [0.2, 0.25) is 0 Å². The molecule has 0 aliphatic carbocycles. The van der Waals surface area contributed by atoms with Crippen LogP contribution in [0.25, 0.3) is 0 Å². The maximum Gasteiger partial charge on any atom is 0.274 e. The molecule has 0 atom stereocenters. The predicted molar refractivity (Wildman–Crippen MR) is 32.6 cm³/mol. The van der Waals surface area contributed by atoms with E-state index in [1.165, 1.54) is 6.20 Å². The highest BCUT2D eigenvalue weighted by Crippen LogP contribution is 2.00. The van der Waals surface area contributed by atoms with E-state index in [1.807, 2.05) is 0 Å². The van der Waals surface area contributed by atoms with Gasteiger partial charge in [0.2, 0.25) is 0 Å². The molecule has 0 aromatic heterocycles. The summed E-state index contributed by atoms with van der Waals surface area (Å²) < 4.78 is 4.98. The number of carbonyl (C=O) groups is 1. The van der Waals surface area contributed by atoms with E-state index >= 15 is 0 Å². The number of nitrogens with zero attached hydrogens (tertiary/aromatic N) is 1. The van der Waals surface area contributed by atoms with Gasteiger partial charge in [0, 0.05) is 6.20 Å². The zero-order chi connectivity index (χ0) is 6.69. The standard InChI is InChI=1S/C4H3N3OS/c5-1-3-2-6-9-7-4(3)8/h2,6H,(H,7,8). The van der Waals surface area contributed by atoms with E-state index in [4.69, 9.17) is 5.26 Å². The summed E-state index contributed by atoms with van der Waals surface area (Å²) in [4.78, 5) is 10.6. The van der Waals surface area contributed by atoms with Crippen LogP contribution in [0.3, 0.4) is 0 Å². The fraction of sp³-hybridized carbons (Fsp3) is 0. The highest BCUT2D eigenvalue weighted by atomic mass is 32.2. The number of hydrogen-bond acceptors (Lipinski definition) is 4. The molecule has 1 heterocycles. The fourth-order valence-electron chi connectivity index (χ4n) is 0.368. The molecule has 0 fully saturated rings. The van der Waals surface area contributed by atoms with Gasteiger partial charge in [-0.05, 0) is 0 Å². The Kier molecular flexibility index (Phi) is 1.60. The van der Waals surface area contributed by atoms with Crippen molar-refractivity contribution in [1.29, 1.82) is 5.26 Å². The molecule has 0 aromatic carbocycles. The van der Waals surface area contributed by atoms with E-state index in [0.717, 1.165) is 12.1 Å². The van der Waals surface area contributed by atoms with E-state index < -0.39 is 0 Å². The Balaban J connectivity index is 2.79. The van der Waals surface area contributed by atoms with Crippen molar-refractivity contribution < 1.29 is 4.79 Å². The SMILES string of the molecule is N#CC1=CNSNC1=O. The zero-order valence-electron chi connectivity index (χ0n) is 4.34. The van der Waals surface area contributed by atoms with Crippen LogP contribution >= 0.6 is 12.1 Å². The lowest BCUT2D eigenvalue weighted by Gasteiger charge is -2.06. The number of nitriles is 1. The highest BCUT2D eigenvalue weighted by Gasteiger charge is 2.11. The summed E-state index contributed by atoms with van der Waals surface area (Å²) in [5.74, 6) is -0.346. The molecule has 5 heteroatoms. The number of nitrogens with one attached hydrogen (secondary N) is 2. The van der Waals surface area contributed by atoms with Crippen LogP contribution in [0, 0.1) is 11.3 Å². The smallest absolute Gasteiger partial charge is 0.274 e. The average molecular weight is 141 g/mol. The minimum atomic E-state index is -0.346. The van der Waals surface area contributed by atoms with Crippen molar-refractivity contribution in [3.05, 3.63) is 11.8 Å². The van der Waals surface area contributed by atoms with Gasteiger partial charge in [0.1, 0.15) is 11.6 Å². The monoisotopic (exact) mass is 141 g/mol. The summed E-state index contributed by atoms with van der Waals surface area (Å²) in [7, 11) is 0. The van der Waals surface area contributed by atoms with Crippen molar-refractivity contribution in [2.75, 3.05) is 0 Å². The lowest BCUT2D eigenvalue weighted by molar-refractivity contribution is -0.115. The van der Waals surface area contributed by atoms with Gasteiger partial charge in [0.15, 0.2) is 0 Å². The highest BCUT2D eigenvalue weighted by molar-refractivity contribution is 7.96. The molecule has 0 unspecified atom stereocenters. The molecule has 1 amide bonds. The first-order chi connectivity index (χ1) is 4.34. The van der Waals surface area contributed by atoms with Crippen molar-refractivity contribution in [2.24, 2.45) is 0 Å². The van der Waals surface area contributed by atoms with Crippen LogP contribution in [0.4, 0.5) is 0 Å². The number of amides is 1. The molecule has 0 bridgehead atoms. The van der Waals surface area contributed by atoms with E-state index in [-0.39, 0.29) is 11.5 Å². The molecule has 2 N–H and O–H groups in total. The van der Waals surface area contributed by atoms with Gasteiger partial charge in [0.05, 0.1) is 12.1 Å². The van der Waals surface area contributed by atoms with Crippen molar-refractivity contribution in [3.8, 4) is 6.07 Å². The topological polar surface area (TPSA) is 64.9 Å². The van der Waals surface area contributed by atoms with Gasteiger partial charge < -0.3 is 4.72 Å². The molecule has 46 valence electrons. The van der Waals surface area contributed by atoms with E-state index in [0.29, 0.717) is 0 Å². The van der Waals surface area contributed by atoms with Gasteiger partial charge in [-0.25, -0.2) is 0 Å². The van der Waals surface area contributed by atoms with Crippen LogP contribution in [0.15, 0.2) is 11.8 Å². The quantitative estimate of drug-likeness (QED) is 0.454. The normalized spacial score (nSPS) is 16.8. The third kappa shape index (κ3) is 1.15. The van der Waals surface area contributed by atoms with Crippen LogP contribution in [0.5, 0.6) is 0 Å². The summed E-state index contributed by atoms with van der Waals surface area (Å²) in [5, 5.41) is 8.23. The van der Waals surface area contributed by atoms with Gasteiger partial charge in [-0.15, -0.1) is 0 Å². The van der Waals surface area contributed by atoms with E-state index in [2.05, 4.69) is 9.44 Å². The van der Waals surface area contributed by atoms with Crippen molar-refractivity contribution >= 4 is 18.0 Å². The largest absolute Gasteiger partial charge is 0.317 e. The van der Waals surface area contributed by atoms with Crippen LogP contribution in [-0.2, 0) is 4.79 Å². The summed E-state index contributed by atoms with van der Waals surface area (Å²) in [6, 6.07) is 1.73. The van der Waals surface area contributed by atoms with Gasteiger partial charge in [-0.1, -0.05) is 0 Å². The molecule has 0 radical (unpaired) electrons. The fourth-order valence-corrected chi connectivity index (χ4v) is 0.806. The lowest BCUT2D eigenvalue weighted by Crippen LogP contribution is -2.25. The molecule has 1 aliphatic rings. The number of rotatable bonds is 0. The lowest BCUT2D eigenvalue weighted by atomic mass is 10.3. The Morgan fingerprint density at radius 3 is 3.00 bits per heavy atom. The molecular weight excluding hydrogens is 138 g/mol. The van der Waals surface area contributed by atoms with Gasteiger partial charge in [-0.2, -0.15) is 5.26 Å². The minimum absolute atomic E-state index is 0.105. The molecule has 1 aliphatic heterocycles. The van der Waals surface area contributed by atoms with Gasteiger partial charge >= 0.3 is 0 Å². The molecule has 9 heavy (non-hydrogen) atoms. The van der Waals surface area contributed by atoms with Crippen molar-refractivity contribution in [2.45, 2.75) is 0 Å². The van der Waals surface area contributed by atoms with Crippen molar-refractivity contribution in [3.63, 3.8) is 0 Å². The number of hydrogen-bond donors (Lipinski definition) is 2. The maximum atomic E-state index is 10.6. The Morgan fingerprint density at radius 1 is 1.78 bits per heavy atom. The first kappa shape index (κ1) is 5.98. The predicted octanol–water partition coefficient (Wildman–Crippen LogP) is -0.324. The maximum absolute atomic E-state index is 10.6. The molecule has 0 saturated heterocycles. The van der Waals surface area contributed by atoms with Crippen LogP contribution in [0.1, 0.15) is 0 Å². The summed E-state index contributed by atoms with van der Waals surface area (Å²) in [5.41, 5.74) is 0.105. The second-order valence-corrected chi connectivity index (χ2v) is 1.96. The first-order valence-corrected chi connectivity index (χ1v) is 2.98. The van der Waals surface area contributed by atoms with E-state index in [1.54, 1.807) is 6.07 Å². The third-order valence-corrected chi connectivity index (χ3v) is 1.29. The molecule has 0 spiro atoms. The molecule has 0 aromatic rings. The second-order valence-electron chi connectivity index (χ2n) is 1.32. The molecule has 1 rings (SSSR count). The number of carbonyl (C=O) groups excluding carboxylic acids is 1. The summed E-state index contributed by atoms with van der Waals surface area (Å²) in [6.07, 6.45) is 1.36. The third-order valence-electron chi connectivity index (χ3n) is 0.771. The molecule has 0 saturated carbocycles. The van der Waals surface area contributed by atoms with E-state index in [9.17, 15) is 4.79 Å². The average Bonchev–Trinajstić information content (AvgIpc) is 1.89. The second kappa shape index (κ2) is 2.42. The van der Waals surface area contributed by atoms with Crippen LogP contribution < -0.4 is 9.44 Å². The van der Waals surface area contributed by atoms with Gasteiger partial charge in [0.25, 0.3) is 5.91 Å². The Labute approximate surface area is 56.2 Å². The Morgan fingerprint density at radius 2 is 2.56 bits per heavy atom. The molecular formula is C4H3N3OS. The van der Waals surface area contributed by atoms with Crippen LogP contribution in [-0.4, -0.2) is 5.91 Å². The summed E-state index contributed by atoms with van der Waals surface area (Å²) >= 11 is 1.05. The minimum Gasteiger partial charge on any atom is -0.317 e. The molecule has 4 nitrogen and oxygen atoms in total. The first-order valence-electron chi connectivity index (χ1n) is 2.16. The van der Waals surface area contributed by atoms with Gasteiger partial charge in [-0.3, -0.25) is 9.52 Å². The zero-order valence-corrected chi connectivity index (χ0v) is 5.16. The summed E-state index contributed by atoms with van der Waals surface area (Å²) in [6.45, 7) is 0. The Hall–Kier alpha value is -1.15. The Bertz CT molecular complexity index is 204.